The van der Waals surface area contributed by atoms with Crippen molar-refractivity contribution in [3.63, 3.8) is 0 Å². The van der Waals surface area contributed by atoms with E-state index in [9.17, 15) is 18.0 Å². The summed E-state index contributed by atoms with van der Waals surface area (Å²) in [5.41, 5.74) is 1.25. The molecule has 0 spiro atoms. The molecule has 1 fully saturated rings. The van der Waals surface area contributed by atoms with Crippen LogP contribution in [0.5, 0.6) is 0 Å². The lowest BCUT2D eigenvalue weighted by atomic mass is 10.1. The van der Waals surface area contributed by atoms with Gasteiger partial charge in [0.15, 0.2) is 0 Å². The second-order valence-electron chi connectivity index (χ2n) is 7.01. The molecule has 0 atom stereocenters. The molecule has 0 unspecified atom stereocenters. The molecule has 1 saturated heterocycles. The molecule has 0 saturated carbocycles. The van der Waals surface area contributed by atoms with Gasteiger partial charge in [-0.1, -0.05) is 23.7 Å². The van der Waals surface area contributed by atoms with Crippen molar-refractivity contribution in [1.29, 1.82) is 0 Å². The number of carbonyl (C=O) groups excluding carboxylic acids is 2. The lowest BCUT2D eigenvalue weighted by Crippen LogP contribution is -2.35. The lowest BCUT2D eigenvalue weighted by Gasteiger charge is -2.26. The number of amides is 1. The number of likely N-dealkylation sites (tertiary alicyclic amines) is 1. The first-order valence-electron chi connectivity index (χ1n) is 9.57. The Balaban J connectivity index is 1.75. The number of esters is 1. The summed E-state index contributed by atoms with van der Waals surface area (Å²) < 4.78 is 32.6. The van der Waals surface area contributed by atoms with Crippen LogP contribution in [-0.4, -0.2) is 45.4 Å². The quantitative estimate of drug-likeness (QED) is 0.682. The van der Waals surface area contributed by atoms with Crippen LogP contribution in [0, 0.1) is 0 Å². The molecule has 30 heavy (non-hydrogen) atoms. The molecule has 1 aliphatic rings. The van der Waals surface area contributed by atoms with Crippen LogP contribution in [0.4, 0.5) is 0 Å². The van der Waals surface area contributed by atoms with Crippen molar-refractivity contribution in [1.82, 2.24) is 9.62 Å². The molecular weight excluding hydrogens is 428 g/mol. The fraction of sp³-hybridized carbons (Fsp3) is 0.333. The first-order valence-corrected chi connectivity index (χ1v) is 11.4. The van der Waals surface area contributed by atoms with E-state index in [0.29, 0.717) is 11.1 Å². The molecule has 0 bridgehead atoms. The SMILES string of the molecule is COC(=O)c1ccc(Cl)c(S(=O)(=O)NCc2cccc(C(=O)N3CCCCC3)c2)c1. The number of nitrogens with one attached hydrogen (secondary N) is 1. The van der Waals surface area contributed by atoms with Gasteiger partial charge in [0.1, 0.15) is 4.90 Å². The van der Waals surface area contributed by atoms with E-state index in [1.54, 1.807) is 24.3 Å². The maximum atomic E-state index is 12.7. The van der Waals surface area contributed by atoms with E-state index < -0.39 is 16.0 Å². The summed E-state index contributed by atoms with van der Waals surface area (Å²) in [4.78, 5) is 26.0. The Kier molecular flexibility index (Phi) is 7.12. The molecule has 2 aromatic carbocycles. The predicted octanol–water partition coefficient (Wildman–Crippen LogP) is 3.23. The Morgan fingerprint density at radius 1 is 1.07 bits per heavy atom. The molecule has 1 N–H and O–H groups in total. The van der Waals surface area contributed by atoms with Crippen LogP contribution >= 0.6 is 11.6 Å². The fourth-order valence-electron chi connectivity index (χ4n) is 3.30. The molecule has 1 heterocycles. The zero-order valence-corrected chi connectivity index (χ0v) is 18.1. The number of halogens is 1. The van der Waals surface area contributed by atoms with E-state index in [4.69, 9.17) is 11.6 Å². The summed E-state index contributed by atoms with van der Waals surface area (Å²) in [5, 5.41) is -0.0100. The van der Waals surface area contributed by atoms with E-state index in [1.165, 1.54) is 25.3 Å². The Labute approximate surface area is 181 Å². The molecule has 3 rings (SSSR count). The smallest absolute Gasteiger partial charge is 0.337 e. The van der Waals surface area contributed by atoms with Gasteiger partial charge in [0.2, 0.25) is 10.0 Å². The summed E-state index contributed by atoms with van der Waals surface area (Å²) >= 11 is 6.04. The second kappa shape index (κ2) is 9.59. The molecule has 1 amide bonds. The third-order valence-corrected chi connectivity index (χ3v) is 6.81. The number of piperidine rings is 1. The average Bonchev–Trinajstić information content (AvgIpc) is 2.77. The summed E-state index contributed by atoms with van der Waals surface area (Å²) in [6.45, 7) is 1.46. The molecule has 9 heteroatoms. The Morgan fingerprint density at radius 2 is 1.80 bits per heavy atom. The summed E-state index contributed by atoms with van der Waals surface area (Å²) in [6, 6.07) is 10.8. The molecule has 0 radical (unpaired) electrons. The van der Waals surface area contributed by atoms with Gasteiger partial charge in [-0.25, -0.2) is 17.9 Å². The number of nitrogens with zero attached hydrogens (tertiary/aromatic N) is 1. The van der Waals surface area contributed by atoms with Gasteiger partial charge in [-0.2, -0.15) is 0 Å². The monoisotopic (exact) mass is 450 g/mol. The summed E-state index contributed by atoms with van der Waals surface area (Å²) in [6.07, 6.45) is 3.12. The van der Waals surface area contributed by atoms with Crippen molar-refractivity contribution >= 4 is 33.5 Å². The normalized spacial score (nSPS) is 14.4. The highest BCUT2D eigenvalue weighted by molar-refractivity contribution is 7.89. The number of ether oxygens (including phenoxy) is 1. The van der Waals surface area contributed by atoms with Crippen molar-refractivity contribution in [2.45, 2.75) is 30.7 Å². The zero-order chi connectivity index (χ0) is 21.7. The van der Waals surface area contributed by atoms with Crippen molar-refractivity contribution in [2.75, 3.05) is 20.2 Å². The van der Waals surface area contributed by atoms with Crippen LogP contribution in [0.3, 0.4) is 0 Å². The molecule has 1 aliphatic heterocycles. The Morgan fingerprint density at radius 3 is 2.50 bits per heavy atom. The first kappa shape index (κ1) is 22.3. The standard InChI is InChI=1S/C21H23ClN2O5S/c1-29-21(26)17-8-9-18(22)19(13-17)30(27,28)23-14-15-6-5-7-16(12-15)20(25)24-10-3-2-4-11-24/h5-9,12-13,23H,2-4,10-11,14H2,1H3. The summed E-state index contributed by atoms with van der Waals surface area (Å²) in [5.74, 6) is -0.708. The highest BCUT2D eigenvalue weighted by Crippen LogP contribution is 2.23. The van der Waals surface area contributed by atoms with Gasteiger partial charge in [-0.3, -0.25) is 4.79 Å². The number of methoxy groups -OCH3 is 1. The minimum absolute atomic E-state index is 0.0100. The maximum absolute atomic E-state index is 12.7. The molecule has 0 aromatic heterocycles. The summed E-state index contributed by atoms with van der Waals surface area (Å²) in [7, 11) is -2.78. The number of carbonyl (C=O) groups is 2. The Bertz CT molecular complexity index is 1050. The van der Waals surface area contributed by atoms with Gasteiger partial charge >= 0.3 is 5.97 Å². The van der Waals surface area contributed by atoms with Crippen molar-refractivity contribution in [2.24, 2.45) is 0 Å². The van der Waals surface area contributed by atoms with E-state index >= 15 is 0 Å². The van der Waals surface area contributed by atoms with Crippen LogP contribution in [-0.2, 0) is 21.3 Å². The number of hydrogen-bond acceptors (Lipinski definition) is 5. The molecule has 0 aliphatic carbocycles. The third kappa shape index (κ3) is 5.19. The second-order valence-corrected chi connectivity index (χ2v) is 9.16. The number of benzene rings is 2. The van der Waals surface area contributed by atoms with E-state index in [-0.39, 0.29) is 27.9 Å². The van der Waals surface area contributed by atoms with Crippen LogP contribution in [0.25, 0.3) is 0 Å². The molecular formula is C21H23ClN2O5S. The van der Waals surface area contributed by atoms with Crippen LogP contribution in [0.15, 0.2) is 47.4 Å². The molecule has 160 valence electrons. The maximum Gasteiger partial charge on any atom is 0.337 e. The Hall–Kier alpha value is -2.42. The van der Waals surface area contributed by atoms with Gasteiger partial charge in [-0.15, -0.1) is 0 Å². The largest absolute Gasteiger partial charge is 0.465 e. The van der Waals surface area contributed by atoms with Crippen molar-refractivity contribution in [3.8, 4) is 0 Å². The fourth-order valence-corrected chi connectivity index (χ4v) is 4.85. The van der Waals surface area contributed by atoms with Gasteiger partial charge < -0.3 is 9.64 Å². The molecule has 2 aromatic rings. The third-order valence-electron chi connectivity index (χ3n) is 4.93. The van der Waals surface area contributed by atoms with Crippen molar-refractivity contribution in [3.05, 3.63) is 64.2 Å². The van der Waals surface area contributed by atoms with Crippen LogP contribution < -0.4 is 4.72 Å². The number of rotatable bonds is 6. The zero-order valence-electron chi connectivity index (χ0n) is 16.6. The van der Waals surface area contributed by atoms with E-state index in [2.05, 4.69) is 9.46 Å². The average molecular weight is 451 g/mol. The van der Waals surface area contributed by atoms with Gasteiger partial charge in [0.05, 0.1) is 17.7 Å². The first-order chi connectivity index (χ1) is 14.3. The van der Waals surface area contributed by atoms with E-state index in [0.717, 1.165) is 32.4 Å². The van der Waals surface area contributed by atoms with Crippen LogP contribution in [0.1, 0.15) is 45.5 Å². The van der Waals surface area contributed by atoms with Gasteiger partial charge in [0, 0.05) is 25.2 Å². The lowest BCUT2D eigenvalue weighted by molar-refractivity contribution is 0.0600. The minimum atomic E-state index is -3.99. The number of sulfonamides is 1. The highest BCUT2D eigenvalue weighted by Gasteiger charge is 2.21. The predicted molar refractivity (Wildman–Crippen MR) is 113 cm³/mol. The molecule has 7 nitrogen and oxygen atoms in total. The minimum Gasteiger partial charge on any atom is -0.465 e. The topological polar surface area (TPSA) is 92.8 Å². The van der Waals surface area contributed by atoms with Gasteiger partial charge in [0.25, 0.3) is 5.91 Å². The van der Waals surface area contributed by atoms with Crippen molar-refractivity contribution < 1.29 is 22.7 Å². The highest BCUT2D eigenvalue weighted by atomic mass is 35.5. The van der Waals surface area contributed by atoms with E-state index in [1.807, 2.05) is 4.90 Å². The van der Waals surface area contributed by atoms with Crippen LogP contribution in [0.2, 0.25) is 5.02 Å². The van der Waals surface area contributed by atoms with Gasteiger partial charge in [-0.05, 0) is 55.2 Å². The number of hydrogen-bond donors (Lipinski definition) is 1.